The first-order valence-corrected chi connectivity index (χ1v) is 8.11. The summed E-state index contributed by atoms with van der Waals surface area (Å²) in [6.07, 6.45) is 4.23. The third-order valence-corrected chi connectivity index (χ3v) is 5.01. The molecule has 0 aromatic heterocycles. The van der Waals surface area contributed by atoms with E-state index >= 15 is 0 Å². The molecule has 0 unspecified atom stereocenters. The van der Waals surface area contributed by atoms with E-state index in [1.165, 1.54) is 65.1 Å². The van der Waals surface area contributed by atoms with Crippen LogP contribution >= 0.6 is 0 Å². The Balaban J connectivity index is 1.63. The Kier molecular flexibility index (Phi) is 5.27. The quantitative estimate of drug-likeness (QED) is 0.776. The van der Waals surface area contributed by atoms with Crippen molar-refractivity contribution in [2.24, 2.45) is 5.92 Å². The zero-order chi connectivity index (χ0) is 13.9. The normalized spacial score (nSPS) is 25.9. The lowest BCUT2D eigenvalue weighted by Crippen LogP contribution is -2.47. The molecule has 2 saturated heterocycles. The summed E-state index contributed by atoms with van der Waals surface area (Å²) in [4.78, 5) is 7.76. The first-order valence-electron chi connectivity index (χ1n) is 8.11. The molecule has 2 aliphatic rings. The summed E-state index contributed by atoms with van der Waals surface area (Å²) in [6.45, 7) is 16.0. The number of hydrogen-bond donors (Lipinski definition) is 0. The molecule has 0 N–H and O–H groups in total. The van der Waals surface area contributed by atoms with Crippen molar-refractivity contribution in [3.63, 3.8) is 0 Å². The van der Waals surface area contributed by atoms with Crippen LogP contribution in [-0.4, -0.2) is 73.1 Å². The molecule has 0 aliphatic carbocycles. The van der Waals surface area contributed by atoms with Gasteiger partial charge in [-0.05, 0) is 72.6 Å². The van der Waals surface area contributed by atoms with Crippen LogP contribution in [0.5, 0.6) is 0 Å². The average Bonchev–Trinajstić information content (AvgIpc) is 2.37. The SMILES string of the molecule is CN1CCN(CCC2CCN(C(C)(C)C)CC2)CC1. The van der Waals surface area contributed by atoms with Crippen molar-refractivity contribution in [1.82, 2.24) is 14.7 Å². The molecule has 2 rings (SSSR count). The highest BCUT2D eigenvalue weighted by atomic mass is 15.2. The lowest BCUT2D eigenvalue weighted by molar-refractivity contribution is 0.0780. The van der Waals surface area contributed by atoms with E-state index in [1.54, 1.807) is 0 Å². The molecule has 0 saturated carbocycles. The third-order valence-electron chi connectivity index (χ3n) is 5.01. The maximum atomic E-state index is 2.66. The zero-order valence-corrected chi connectivity index (χ0v) is 13.5. The Labute approximate surface area is 119 Å². The summed E-state index contributed by atoms with van der Waals surface area (Å²) in [6, 6.07) is 0. The Morgan fingerprint density at radius 2 is 1.47 bits per heavy atom. The maximum absolute atomic E-state index is 2.66. The second-order valence-electron chi connectivity index (χ2n) is 7.53. The fourth-order valence-electron chi connectivity index (χ4n) is 3.33. The second-order valence-corrected chi connectivity index (χ2v) is 7.53. The predicted molar refractivity (Wildman–Crippen MR) is 82.6 cm³/mol. The average molecular weight is 267 g/mol. The summed E-state index contributed by atoms with van der Waals surface area (Å²) in [7, 11) is 2.24. The Morgan fingerprint density at radius 3 is 2.00 bits per heavy atom. The van der Waals surface area contributed by atoms with Gasteiger partial charge in [-0.1, -0.05) is 0 Å². The summed E-state index contributed by atoms with van der Waals surface area (Å²) >= 11 is 0. The van der Waals surface area contributed by atoms with E-state index in [4.69, 9.17) is 0 Å². The summed E-state index contributed by atoms with van der Waals surface area (Å²) in [5.41, 5.74) is 0.364. The zero-order valence-electron chi connectivity index (χ0n) is 13.5. The van der Waals surface area contributed by atoms with E-state index in [9.17, 15) is 0 Å². The van der Waals surface area contributed by atoms with Crippen molar-refractivity contribution in [3.8, 4) is 0 Å². The molecular formula is C16H33N3. The van der Waals surface area contributed by atoms with Crippen LogP contribution in [0.4, 0.5) is 0 Å². The largest absolute Gasteiger partial charge is 0.304 e. The molecule has 2 aliphatic heterocycles. The van der Waals surface area contributed by atoms with E-state index < -0.39 is 0 Å². The highest BCUT2D eigenvalue weighted by Gasteiger charge is 2.27. The van der Waals surface area contributed by atoms with Crippen molar-refractivity contribution in [3.05, 3.63) is 0 Å². The smallest absolute Gasteiger partial charge is 0.0125 e. The van der Waals surface area contributed by atoms with Crippen LogP contribution in [0.15, 0.2) is 0 Å². The molecule has 2 heterocycles. The van der Waals surface area contributed by atoms with Crippen LogP contribution in [-0.2, 0) is 0 Å². The first-order chi connectivity index (χ1) is 8.95. The van der Waals surface area contributed by atoms with Crippen LogP contribution in [0.2, 0.25) is 0 Å². The van der Waals surface area contributed by atoms with Gasteiger partial charge in [0.2, 0.25) is 0 Å². The molecule has 0 aromatic carbocycles. The molecule has 19 heavy (non-hydrogen) atoms. The van der Waals surface area contributed by atoms with Gasteiger partial charge in [0.05, 0.1) is 0 Å². The van der Waals surface area contributed by atoms with Crippen LogP contribution < -0.4 is 0 Å². The minimum Gasteiger partial charge on any atom is -0.304 e. The second kappa shape index (κ2) is 6.55. The van der Waals surface area contributed by atoms with Crippen LogP contribution in [0.3, 0.4) is 0 Å². The fourth-order valence-corrected chi connectivity index (χ4v) is 3.33. The van der Waals surface area contributed by atoms with E-state index in [0.29, 0.717) is 5.54 Å². The van der Waals surface area contributed by atoms with Gasteiger partial charge in [-0.2, -0.15) is 0 Å². The van der Waals surface area contributed by atoms with Gasteiger partial charge >= 0.3 is 0 Å². The fraction of sp³-hybridized carbons (Fsp3) is 1.00. The molecule has 0 bridgehead atoms. The molecule has 0 spiro atoms. The van der Waals surface area contributed by atoms with Gasteiger partial charge in [-0.25, -0.2) is 0 Å². The van der Waals surface area contributed by atoms with Crippen LogP contribution in [0.25, 0.3) is 0 Å². The number of nitrogens with zero attached hydrogens (tertiary/aromatic N) is 3. The summed E-state index contributed by atoms with van der Waals surface area (Å²) in [5.74, 6) is 0.971. The van der Waals surface area contributed by atoms with Crippen molar-refractivity contribution >= 4 is 0 Å². The van der Waals surface area contributed by atoms with Crippen molar-refractivity contribution < 1.29 is 0 Å². The predicted octanol–water partition coefficient (Wildman–Crippen LogP) is 2.13. The van der Waals surface area contributed by atoms with Crippen molar-refractivity contribution in [2.45, 2.75) is 45.6 Å². The number of likely N-dealkylation sites (tertiary alicyclic amines) is 1. The van der Waals surface area contributed by atoms with Crippen LogP contribution in [0, 0.1) is 5.92 Å². The molecule has 0 radical (unpaired) electrons. The van der Waals surface area contributed by atoms with Gasteiger partial charge in [-0.3, -0.25) is 4.90 Å². The molecule has 3 nitrogen and oxygen atoms in total. The number of hydrogen-bond acceptors (Lipinski definition) is 3. The minimum absolute atomic E-state index is 0.364. The first kappa shape index (κ1) is 15.3. The van der Waals surface area contributed by atoms with Gasteiger partial charge < -0.3 is 9.80 Å². The van der Waals surface area contributed by atoms with Gasteiger partial charge in [0.1, 0.15) is 0 Å². The number of piperidine rings is 1. The summed E-state index contributed by atoms with van der Waals surface area (Å²) in [5, 5.41) is 0. The lowest BCUT2D eigenvalue weighted by atomic mass is 9.90. The van der Waals surface area contributed by atoms with Gasteiger partial charge in [0.15, 0.2) is 0 Å². The number of piperazine rings is 1. The third kappa shape index (κ3) is 4.73. The van der Waals surface area contributed by atoms with E-state index in [1.807, 2.05) is 0 Å². The van der Waals surface area contributed by atoms with Gasteiger partial charge in [0.25, 0.3) is 0 Å². The Hall–Kier alpha value is -0.120. The van der Waals surface area contributed by atoms with Gasteiger partial charge in [-0.15, -0.1) is 0 Å². The lowest BCUT2D eigenvalue weighted by Gasteiger charge is -2.41. The maximum Gasteiger partial charge on any atom is 0.0125 e. The van der Waals surface area contributed by atoms with Crippen molar-refractivity contribution in [2.75, 3.05) is 52.9 Å². The molecule has 3 heteroatoms. The van der Waals surface area contributed by atoms with E-state index in [-0.39, 0.29) is 0 Å². The molecule has 0 aromatic rings. The Bertz CT molecular complexity index is 256. The molecule has 0 atom stereocenters. The van der Waals surface area contributed by atoms with Crippen LogP contribution in [0.1, 0.15) is 40.0 Å². The van der Waals surface area contributed by atoms with Crippen molar-refractivity contribution in [1.29, 1.82) is 0 Å². The minimum atomic E-state index is 0.364. The molecule has 2 fully saturated rings. The Morgan fingerprint density at radius 1 is 0.895 bits per heavy atom. The summed E-state index contributed by atoms with van der Waals surface area (Å²) < 4.78 is 0. The molecule has 112 valence electrons. The monoisotopic (exact) mass is 267 g/mol. The topological polar surface area (TPSA) is 9.72 Å². The van der Waals surface area contributed by atoms with E-state index in [0.717, 1.165) is 5.92 Å². The van der Waals surface area contributed by atoms with E-state index in [2.05, 4.69) is 42.5 Å². The molecule has 0 amide bonds. The highest BCUT2D eigenvalue weighted by molar-refractivity contribution is 4.82. The van der Waals surface area contributed by atoms with Gasteiger partial charge in [0, 0.05) is 31.7 Å². The highest BCUT2D eigenvalue weighted by Crippen LogP contribution is 2.25. The molecular weight excluding hydrogens is 234 g/mol. The number of rotatable bonds is 3. The standard InChI is InChI=1S/C16H33N3/c1-16(2,3)19-9-6-15(7-10-19)5-8-18-13-11-17(4)12-14-18/h15H,5-14H2,1-4H3. The number of likely N-dealkylation sites (N-methyl/N-ethyl adjacent to an activating group) is 1.